The van der Waals surface area contributed by atoms with Crippen LogP contribution in [0.1, 0.15) is 25.0 Å². The fraction of sp³-hybridized carbons (Fsp3) is 0.214. The van der Waals surface area contributed by atoms with Crippen LogP contribution in [-0.2, 0) is 4.79 Å². The van der Waals surface area contributed by atoms with Crippen LogP contribution in [0.4, 0.5) is 0 Å². The van der Waals surface area contributed by atoms with Crippen LogP contribution in [-0.4, -0.2) is 10.9 Å². The van der Waals surface area contributed by atoms with Gasteiger partial charge in [0.2, 0.25) is 0 Å². The van der Waals surface area contributed by atoms with Crippen LogP contribution in [0.3, 0.4) is 0 Å². The van der Waals surface area contributed by atoms with Gasteiger partial charge in [-0.3, -0.25) is 4.79 Å². The molecule has 0 bridgehead atoms. The molecule has 16 heavy (non-hydrogen) atoms. The minimum Gasteiger partial charge on any atom is -0.388 e. The molecule has 1 N–H and O–H groups in total. The molecule has 0 aliphatic carbocycles. The summed E-state index contributed by atoms with van der Waals surface area (Å²) in [4.78, 5) is 10.9. The van der Waals surface area contributed by atoms with Gasteiger partial charge in [-0.15, -0.1) is 0 Å². The van der Waals surface area contributed by atoms with Crippen LogP contribution < -0.4 is 0 Å². The number of rotatable bonds is 3. The maximum atomic E-state index is 10.9. The Labute approximate surface area is 94.5 Å². The third-order valence-electron chi connectivity index (χ3n) is 2.64. The van der Waals surface area contributed by atoms with E-state index in [0.717, 1.165) is 16.3 Å². The van der Waals surface area contributed by atoms with E-state index in [4.69, 9.17) is 0 Å². The van der Waals surface area contributed by atoms with Crippen molar-refractivity contribution < 1.29 is 9.90 Å². The van der Waals surface area contributed by atoms with Gasteiger partial charge in [0, 0.05) is 6.42 Å². The monoisotopic (exact) mass is 214 g/mol. The highest BCUT2D eigenvalue weighted by atomic mass is 16.3. The first kappa shape index (κ1) is 10.8. The highest BCUT2D eigenvalue weighted by molar-refractivity contribution is 5.83. The Morgan fingerprint density at radius 1 is 1.19 bits per heavy atom. The second-order valence-corrected chi connectivity index (χ2v) is 4.03. The van der Waals surface area contributed by atoms with E-state index in [2.05, 4.69) is 0 Å². The van der Waals surface area contributed by atoms with Crippen molar-refractivity contribution in [3.63, 3.8) is 0 Å². The van der Waals surface area contributed by atoms with Crippen LogP contribution in [0.5, 0.6) is 0 Å². The molecule has 2 rings (SSSR count). The second kappa shape index (κ2) is 4.45. The SMILES string of the molecule is CC(=O)CC(O)c1ccc2ccccc2c1. The largest absolute Gasteiger partial charge is 0.388 e. The van der Waals surface area contributed by atoms with Gasteiger partial charge in [-0.1, -0.05) is 36.4 Å². The van der Waals surface area contributed by atoms with Gasteiger partial charge in [0.1, 0.15) is 5.78 Å². The third kappa shape index (κ3) is 2.28. The average molecular weight is 214 g/mol. The van der Waals surface area contributed by atoms with Gasteiger partial charge in [0.05, 0.1) is 6.10 Å². The van der Waals surface area contributed by atoms with Gasteiger partial charge in [-0.05, 0) is 29.3 Å². The third-order valence-corrected chi connectivity index (χ3v) is 2.64. The summed E-state index contributed by atoms with van der Waals surface area (Å²) in [6.45, 7) is 1.49. The molecule has 0 amide bonds. The number of ketones is 1. The Hall–Kier alpha value is -1.67. The van der Waals surface area contributed by atoms with E-state index in [1.54, 1.807) is 0 Å². The molecule has 0 saturated carbocycles. The summed E-state index contributed by atoms with van der Waals surface area (Å²) in [6, 6.07) is 13.7. The maximum Gasteiger partial charge on any atom is 0.132 e. The lowest BCUT2D eigenvalue weighted by atomic mass is 10.0. The zero-order valence-electron chi connectivity index (χ0n) is 9.18. The summed E-state index contributed by atoms with van der Waals surface area (Å²) in [5.41, 5.74) is 0.800. The van der Waals surface area contributed by atoms with Gasteiger partial charge in [0.15, 0.2) is 0 Å². The van der Waals surface area contributed by atoms with E-state index in [0.29, 0.717) is 0 Å². The summed E-state index contributed by atoms with van der Waals surface area (Å²) >= 11 is 0. The smallest absolute Gasteiger partial charge is 0.132 e. The molecule has 82 valence electrons. The molecule has 1 unspecified atom stereocenters. The number of carbonyl (C=O) groups excluding carboxylic acids is 1. The fourth-order valence-electron chi connectivity index (χ4n) is 1.81. The van der Waals surface area contributed by atoms with Gasteiger partial charge >= 0.3 is 0 Å². The first-order valence-electron chi connectivity index (χ1n) is 5.33. The maximum absolute atomic E-state index is 10.9. The molecule has 2 nitrogen and oxygen atoms in total. The molecular weight excluding hydrogens is 200 g/mol. The van der Waals surface area contributed by atoms with Crippen LogP contribution in [0.15, 0.2) is 42.5 Å². The van der Waals surface area contributed by atoms with Crippen molar-refractivity contribution in [3.05, 3.63) is 48.0 Å². The molecule has 0 spiro atoms. The first-order chi connectivity index (χ1) is 7.66. The zero-order valence-corrected chi connectivity index (χ0v) is 9.18. The average Bonchev–Trinajstić information content (AvgIpc) is 2.27. The van der Waals surface area contributed by atoms with E-state index in [-0.39, 0.29) is 12.2 Å². The Morgan fingerprint density at radius 2 is 1.88 bits per heavy atom. The molecule has 0 saturated heterocycles. The van der Waals surface area contributed by atoms with Crippen LogP contribution in [0.2, 0.25) is 0 Å². The van der Waals surface area contributed by atoms with Crippen molar-refractivity contribution in [2.24, 2.45) is 0 Å². The van der Waals surface area contributed by atoms with E-state index < -0.39 is 6.10 Å². The number of hydrogen-bond donors (Lipinski definition) is 1. The Morgan fingerprint density at radius 3 is 2.56 bits per heavy atom. The summed E-state index contributed by atoms with van der Waals surface area (Å²) in [5.74, 6) is 0.000610. The summed E-state index contributed by atoms with van der Waals surface area (Å²) in [5, 5.41) is 12.1. The Bertz CT molecular complexity index is 517. The molecular formula is C14H14O2. The van der Waals surface area contributed by atoms with Crippen molar-refractivity contribution in [2.45, 2.75) is 19.4 Å². The number of benzene rings is 2. The van der Waals surface area contributed by atoms with Crippen molar-refractivity contribution in [1.29, 1.82) is 0 Å². The first-order valence-corrected chi connectivity index (χ1v) is 5.33. The number of aliphatic hydroxyl groups excluding tert-OH is 1. The summed E-state index contributed by atoms with van der Waals surface area (Å²) in [7, 11) is 0. The van der Waals surface area contributed by atoms with Crippen LogP contribution in [0, 0.1) is 0 Å². The molecule has 2 heteroatoms. The lowest BCUT2D eigenvalue weighted by molar-refractivity contribution is -0.118. The van der Waals surface area contributed by atoms with Crippen molar-refractivity contribution >= 4 is 16.6 Å². The van der Waals surface area contributed by atoms with E-state index in [9.17, 15) is 9.90 Å². The Kier molecular flexibility index (Phi) is 3.02. The van der Waals surface area contributed by atoms with Gasteiger partial charge in [-0.25, -0.2) is 0 Å². The standard InChI is InChI=1S/C14H14O2/c1-10(15)8-14(16)13-7-6-11-4-2-3-5-12(11)9-13/h2-7,9,14,16H,8H2,1H3. The molecule has 0 radical (unpaired) electrons. The molecule has 0 aromatic heterocycles. The van der Waals surface area contributed by atoms with Crippen molar-refractivity contribution in [2.75, 3.05) is 0 Å². The van der Waals surface area contributed by atoms with E-state index in [1.165, 1.54) is 6.92 Å². The quantitative estimate of drug-likeness (QED) is 0.853. The van der Waals surface area contributed by atoms with Gasteiger partial charge < -0.3 is 5.11 Å². The minimum atomic E-state index is -0.692. The van der Waals surface area contributed by atoms with Crippen molar-refractivity contribution in [3.8, 4) is 0 Å². The highest BCUT2D eigenvalue weighted by Crippen LogP contribution is 2.22. The lowest BCUT2D eigenvalue weighted by Gasteiger charge is -2.09. The van der Waals surface area contributed by atoms with Gasteiger partial charge in [0.25, 0.3) is 0 Å². The normalized spacial score (nSPS) is 12.6. The molecule has 2 aromatic carbocycles. The number of fused-ring (bicyclic) bond motifs is 1. The summed E-state index contributed by atoms with van der Waals surface area (Å²) < 4.78 is 0. The molecule has 2 aromatic rings. The molecule has 1 atom stereocenters. The number of aliphatic hydroxyl groups is 1. The number of Topliss-reactive ketones (excluding diaryl/α,β-unsaturated/α-hetero) is 1. The minimum absolute atomic E-state index is 0.000610. The van der Waals surface area contributed by atoms with E-state index in [1.807, 2.05) is 42.5 Å². The highest BCUT2D eigenvalue weighted by Gasteiger charge is 2.10. The molecule has 0 aliphatic heterocycles. The topological polar surface area (TPSA) is 37.3 Å². The predicted octanol–water partition coefficient (Wildman–Crippen LogP) is 2.85. The predicted molar refractivity (Wildman–Crippen MR) is 64.2 cm³/mol. The molecule has 0 fully saturated rings. The van der Waals surface area contributed by atoms with Crippen LogP contribution >= 0.6 is 0 Å². The molecule has 0 aliphatic rings. The van der Waals surface area contributed by atoms with Gasteiger partial charge in [-0.2, -0.15) is 0 Å². The summed E-state index contributed by atoms with van der Waals surface area (Å²) in [6.07, 6.45) is -0.514. The van der Waals surface area contributed by atoms with Crippen LogP contribution in [0.25, 0.3) is 10.8 Å². The molecule has 0 heterocycles. The fourth-order valence-corrected chi connectivity index (χ4v) is 1.81. The van der Waals surface area contributed by atoms with Crippen molar-refractivity contribution in [1.82, 2.24) is 0 Å². The Balaban J connectivity index is 2.35. The second-order valence-electron chi connectivity index (χ2n) is 4.03. The lowest BCUT2D eigenvalue weighted by Crippen LogP contribution is -2.02. The zero-order chi connectivity index (χ0) is 11.5. The number of hydrogen-bond acceptors (Lipinski definition) is 2. The number of carbonyl (C=O) groups is 1. The van der Waals surface area contributed by atoms with E-state index >= 15 is 0 Å².